The van der Waals surface area contributed by atoms with Crippen LogP contribution in [0.3, 0.4) is 0 Å². The predicted octanol–water partition coefficient (Wildman–Crippen LogP) is 1.08. The third-order valence-electron chi connectivity index (χ3n) is 1.52. The standard InChI is InChI=1S/C11H13BO2.2H2O/c1-11(2,3)14-10(13)8-5-4-6-9(12)7-8;;/h4-7H,1-3H3;2*1H2/q+2;;/p-2. The summed E-state index contributed by atoms with van der Waals surface area (Å²) in [5, 5.41) is 0. The van der Waals surface area contributed by atoms with Crippen LogP contribution in [0.25, 0.3) is 0 Å². The van der Waals surface area contributed by atoms with Gasteiger partial charge in [0.15, 0.2) is 0 Å². The van der Waals surface area contributed by atoms with Crippen molar-refractivity contribution in [2.24, 2.45) is 0 Å². The summed E-state index contributed by atoms with van der Waals surface area (Å²) in [6, 6.07) is 6.75. The van der Waals surface area contributed by atoms with Gasteiger partial charge in [0.05, 0.1) is 0 Å². The van der Waals surface area contributed by atoms with Gasteiger partial charge in [-0.1, -0.05) is 0 Å². The zero-order chi connectivity index (χ0) is 10.8. The molecular weight excluding hydrogens is 207 g/mol. The topological polar surface area (TPSA) is 86.3 Å². The second-order valence-electron chi connectivity index (χ2n) is 4.13. The van der Waals surface area contributed by atoms with Crippen molar-refractivity contribution in [2.45, 2.75) is 26.4 Å². The van der Waals surface area contributed by atoms with Gasteiger partial charge in [0.2, 0.25) is 0 Å². The van der Waals surface area contributed by atoms with Crippen molar-refractivity contribution in [1.82, 2.24) is 0 Å². The van der Waals surface area contributed by atoms with Crippen molar-refractivity contribution >= 4 is 19.3 Å². The van der Waals surface area contributed by atoms with Crippen LogP contribution in [-0.4, -0.2) is 30.4 Å². The summed E-state index contributed by atoms with van der Waals surface area (Å²) in [5.41, 5.74) is 0.579. The molecule has 1 aromatic carbocycles. The van der Waals surface area contributed by atoms with Crippen LogP contribution in [0.5, 0.6) is 0 Å². The quantitative estimate of drug-likeness (QED) is 0.525. The molecule has 86 valence electrons. The largest absolute Gasteiger partial charge is 0.870 e. The molecule has 0 aromatic heterocycles. The molecule has 0 bridgehead atoms. The van der Waals surface area contributed by atoms with E-state index in [1.807, 2.05) is 20.8 Å². The number of benzene rings is 1. The van der Waals surface area contributed by atoms with Gasteiger partial charge < -0.3 is 11.0 Å². The molecule has 4 nitrogen and oxygen atoms in total. The second kappa shape index (κ2) is 6.30. The van der Waals surface area contributed by atoms with Gasteiger partial charge in [-0.25, -0.2) is 0 Å². The first-order chi connectivity index (χ1) is 6.38. The van der Waals surface area contributed by atoms with Crippen molar-refractivity contribution in [3.05, 3.63) is 29.8 Å². The van der Waals surface area contributed by atoms with Crippen LogP contribution >= 0.6 is 0 Å². The molecule has 0 aliphatic heterocycles. The van der Waals surface area contributed by atoms with Crippen molar-refractivity contribution in [1.29, 1.82) is 0 Å². The molecule has 1 aromatic rings. The summed E-state index contributed by atoms with van der Waals surface area (Å²) in [6.07, 6.45) is 0. The van der Waals surface area contributed by atoms with Crippen LogP contribution in [0.4, 0.5) is 0 Å². The first-order valence-corrected chi connectivity index (χ1v) is 4.47. The number of esters is 1. The van der Waals surface area contributed by atoms with Crippen LogP contribution in [0.15, 0.2) is 24.3 Å². The van der Waals surface area contributed by atoms with E-state index in [4.69, 9.17) is 12.6 Å². The van der Waals surface area contributed by atoms with Crippen LogP contribution in [0.2, 0.25) is 0 Å². The maximum Gasteiger partial charge on any atom is -0.870 e. The smallest absolute Gasteiger partial charge is 0.870 e. The second-order valence-corrected chi connectivity index (χ2v) is 4.13. The molecule has 0 radical (unpaired) electrons. The van der Waals surface area contributed by atoms with Crippen molar-refractivity contribution in [3.63, 3.8) is 0 Å². The molecule has 2 N–H and O–H groups in total. The fourth-order valence-electron chi connectivity index (χ4n) is 1.00. The van der Waals surface area contributed by atoms with Gasteiger partial charge in [0, 0.05) is 0 Å². The number of rotatable bonds is 1. The Labute approximate surface area is 96.6 Å². The number of carbonyl (C=O) groups excluding carboxylic acids is 1. The molecule has 5 heteroatoms. The van der Waals surface area contributed by atoms with E-state index in [1.54, 1.807) is 24.3 Å². The summed E-state index contributed by atoms with van der Waals surface area (Å²) < 4.78 is 5.18. The molecule has 0 saturated heterocycles. The van der Waals surface area contributed by atoms with E-state index in [0.29, 0.717) is 11.0 Å². The summed E-state index contributed by atoms with van der Waals surface area (Å²) in [6.45, 7) is 5.49. The van der Waals surface area contributed by atoms with Crippen molar-refractivity contribution < 1.29 is 20.5 Å². The fourth-order valence-corrected chi connectivity index (χ4v) is 1.00. The Hall–Kier alpha value is -1.33. The Bertz CT molecular complexity index is 344. The van der Waals surface area contributed by atoms with E-state index in [9.17, 15) is 4.79 Å². The average Bonchev–Trinajstić information content (AvgIpc) is 2.01. The Kier molecular flexibility index (Phi) is 6.73. The van der Waals surface area contributed by atoms with Gasteiger partial charge in [0.25, 0.3) is 0 Å². The van der Waals surface area contributed by atoms with E-state index >= 15 is 0 Å². The minimum absolute atomic E-state index is 0. The summed E-state index contributed by atoms with van der Waals surface area (Å²) in [4.78, 5) is 11.5. The van der Waals surface area contributed by atoms with Crippen LogP contribution in [-0.2, 0) is 4.74 Å². The van der Waals surface area contributed by atoms with E-state index in [0.717, 1.165) is 0 Å². The van der Waals surface area contributed by atoms with Gasteiger partial charge in [-0.05, 0) is 0 Å². The first kappa shape index (κ1) is 17.1. The average molecular weight is 222 g/mol. The van der Waals surface area contributed by atoms with Gasteiger partial charge in [-0.15, -0.1) is 0 Å². The Morgan fingerprint density at radius 2 is 1.81 bits per heavy atom. The molecule has 0 atom stereocenters. The molecule has 0 saturated carbocycles. The first-order valence-electron chi connectivity index (χ1n) is 4.47. The minimum Gasteiger partial charge on any atom is -0.870 e. The summed E-state index contributed by atoms with van der Waals surface area (Å²) >= 11 is 0. The molecule has 1 rings (SSSR count). The van der Waals surface area contributed by atoms with Crippen molar-refractivity contribution in [3.8, 4) is 0 Å². The Balaban J connectivity index is 0. The van der Waals surface area contributed by atoms with Gasteiger partial charge >= 0.3 is 85.0 Å². The molecule has 0 fully saturated rings. The van der Waals surface area contributed by atoms with Crippen LogP contribution < -0.4 is 5.46 Å². The minimum atomic E-state index is -0.471. The number of hydrogen-bond acceptors (Lipinski definition) is 4. The summed E-state index contributed by atoms with van der Waals surface area (Å²) in [7, 11) is 5.55. The zero-order valence-corrected chi connectivity index (χ0v) is 9.60. The monoisotopic (exact) mass is 222 g/mol. The summed E-state index contributed by atoms with van der Waals surface area (Å²) in [5.74, 6) is -0.343. The molecule has 16 heavy (non-hydrogen) atoms. The predicted molar refractivity (Wildman–Crippen MR) is 60.9 cm³/mol. The van der Waals surface area contributed by atoms with Gasteiger partial charge in [-0.2, -0.15) is 0 Å². The number of carbonyl (C=O) groups is 1. The van der Waals surface area contributed by atoms with Crippen LogP contribution in [0.1, 0.15) is 31.1 Å². The normalized spacial score (nSPS) is 9.81. The maximum atomic E-state index is 11.5. The van der Waals surface area contributed by atoms with E-state index in [1.165, 1.54) is 0 Å². The fraction of sp³-hybridized carbons (Fsp3) is 0.364. The maximum absolute atomic E-state index is 11.5. The van der Waals surface area contributed by atoms with Crippen LogP contribution in [0, 0.1) is 0 Å². The molecule has 0 spiro atoms. The molecule has 0 aliphatic rings. The molecular formula is C11H15BO4. The van der Waals surface area contributed by atoms with E-state index in [2.05, 4.69) is 0 Å². The third-order valence-corrected chi connectivity index (χ3v) is 1.52. The molecule has 0 aliphatic carbocycles. The third kappa shape index (κ3) is 5.53. The van der Waals surface area contributed by atoms with E-state index in [-0.39, 0.29) is 16.9 Å². The number of hydrogen-bond donors (Lipinski definition) is 0. The van der Waals surface area contributed by atoms with Gasteiger partial charge in [0.1, 0.15) is 0 Å². The Morgan fingerprint density at radius 3 is 2.25 bits per heavy atom. The SMILES string of the molecule is [B+2]c1cccc(C(=O)OC(C)(C)C)c1.[OH-].[OH-]. The Morgan fingerprint density at radius 1 is 1.25 bits per heavy atom. The number of ether oxygens (including phenoxy) is 1. The van der Waals surface area contributed by atoms with Gasteiger partial charge in [-0.3, -0.25) is 0 Å². The molecule has 0 amide bonds. The van der Waals surface area contributed by atoms with E-state index < -0.39 is 5.60 Å². The van der Waals surface area contributed by atoms with Crippen molar-refractivity contribution in [2.75, 3.05) is 0 Å². The molecule has 0 heterocycles. The molecule has 0 unspecified atom stereocenters. The zero-order valence-electron chi connectivity index (χ0n) is 9.60.